The molecule has 0 aliphatic heterocycles. The number of hydrogen-bond acceptors (Lipinski definition) is 4. The molecule has 6 nitrogen and oxygen atoms in total. The van der Waals surface area contributed by atoms with Crippen molar-refractivity contribution in [2.45, 2.75) is 0 Å². The van der Waals surface area contributed by atoms with Crippen LogP contribution in [0.5, 0.6) is 0 Å². The summed E-state index contributed by atoms with van der Waals surface area (Å²) in [6.45, 7) is -0.525. The van der Waals surface area contributed by atoms with Gasteiger partial charge in [-0.25, -0.2) is 4.39 Å². The van der Waals surface area contributed by atoms with E-state index in [9.17, 15) is 19.3 Å². The second-order valence-electron chi connectivity index (χ2n) is 2.79. The third-order valence-electron chi connectivity index (χ3n) is 1.67. The van der Waals surface area contributed by atoms with Crippen molar-refractivity contribution in [3.05, 3.63) is 33.1 Å². The summed E-state index contributed by atoms with van der Waals surface area (Å²) in [7, 11) is 0. The predicted molar refractivity (Wildman–Crippen MR) is 61.3 cm³/mol. The molecule has 0 bridgehead atoms. The van der Waals surface area contributed by atoms with Crippen molar-refractivity contribution >= 4 is 58.5 Å². The van der Waals surface area contributed by atoms with E-state index >= 15 is 0 Å². The van der Waals surface area contributed by atoms with Crippen molar-refractivity contribution in [3.63, 3.8) is 0 Å². The number of nitro benzene ring substituents is 1. The Labute approximate surface area is 122 Å². The molecule has 0 saturated heterocycles. The molecule has 17 heavy (non-hydrogen) atoms. The first-order chi connectivity index (χ1) is 7.41. The van der Waals surface area contributed by atoms with E-state index in [2.05, 4.69) is 5.32 Å². The van der Waals surface area contributed by atoms with Crippen molar-refractivity contribution in [1.82, 2.24) is 0 Å². The van der Waals surface area contributed by atoms with Gasteiger partial charge in [0.15, 0.2) is 0 Å². The van der Waals surface area contributed by atoms with Crippen LogP contribution in [-0.2, 0) is 4.79 Å². The molecule has 88 valence electrons. The van der Waals surface area contributed by atoms with Crippen LogP contribution in [0.15, 0.2) is 12.1 Å². The van der Waals surface area contributed by atoms with Gasteiger partial charge in [-0.1, -0.05) is 11.6 Å². The first-order valence-electron chi connectivity index (χ1n) is 4.01. The van der Waals surface area contributed by atoms with E-state index in [-0.39, 0.29) is 40.3 Å². The molecule has 0 saturated carbocycles. The van der Waals surface area contributed by atoms with Crippen molar-refractivity contribution in [3.8, 4) is 0 Å². The van der Waals surface area contributed by atoms with E-state index < -0.39 is 28.9 Å². The number of carbonyl (C=O) groups is 1. The van der Waals surface area contributed by atoms with Crippen molar-refractivity contribution in [2.24, 2.45) is 0 Å². The Morgan fingerprint density at radius 3 is 2.65 bits per heavy atom. The number of aliphatic carboxylic acids is 1. The summed E-state index contributed by atoms with van der Waals surface area (Å²) in [6.07, 6.45) is 0. The number of nitrogens with one attached hydrogen (secondary N) is 1. The molecule has 0 radical (unpaired) electrons. The standard InChI is InChI=1S/C8H6ClFN2O4.Na.H/c9-4-1-6(11-3-8(13)14)7(12(15)16)2-5(4)10;;/h1-2,11H,3H2,(H,13,14);;. The molecule has 0 aliphatic rings. The van der Waals surface area contributed by atoms with Gasteiger partial charge in [0.05, 0.1) is 16.0 Å². The number of halogens is 2. The third-order valence-corrected chi connectivity index (χ3v) is 1.96. The van der Waals surface area contributed by atoms with E-state index in [4.69, 9.17) is 16.7 Å². The van der Waals surface area contributed by atoms with E-state index in [1.54, 1.807) is 0 Å². The van der Waals surface area contributed by atoms with Gasteiger partial charge in [-0.05, 0) is 6.07 Å². The molecule has 0 heterocycles. The van der Waals surface area contributed by atoms with E-state index in [1.165, 1.54) is 0 Å². The van der Waals surface area contributed by atoms with Crippen molar-refractivity contribution in [1.29, 1.82) is 0 Å². The quantitative estimate of drug-likeness (QED) is 0.489. The minimum absolute atomic E-state index is 0. The topological polar surface area (TPSA) is 92.5 Å². The molecule has 1 rings (SSSR count). The Morgan fingerprint density at radius 2 is 2.18 bits per heavy atom. The summed E-state index contributed by atoms with van der Waals surface area (Å²) in [5.74, 6) is -2.14. The van der Waals surface area contributed by atoms with Crippen molar-refractivity contribution < 1.29 is 19.2 Å². The van der Waals surface area contributed by atoms with Gasteiger partial charge in [0, 0.05) is 0 Å². The van der Waals surface area contributed by atoms with E-state index in [1.807, 2.05) is 0 Å². The van der Waals surface area contributed by atoms with Gasteiger partial charge in [0.25, 0.3) is 5.69 Å². The van der Waals surface area contributed by atoms with Crippen LogP contribution in [-0.4, -0.2) is 52.1 Å². The first kappa shape index (κ1) is 16.1. The fourth-order valence-electron chi connectivity index (χ4n) is 1.000. The number of hydrogen-bond donors (Lipinski definition) is 2. The number of carboxylic acid groups (broad SMARTS) is 1. The van der Waals surface area contributed by atoms with Crippen LogP contribution < -0.4 is 5.32 Å². The van der Waals surface area contributed by atoms with E-state index in [0.29, 0.717) is 6.07 Å². The molecule has 0 unspecified atom stereocenters. The third kappa shape index (κ3) is 4.47. The minimum atomic E-state index is -1.20. The molecule has 0 aromatic heterocycles. The van der Waals surface area contributed by atoms with Gasteiger partial charge in [-0.15, -0.1) is 0 Å². The molecule has 0 aliphatic carbocycles. The second-order valence-corrected chi connectivity index (χ2v) is 3.20. The molecular formula is C8H7ClFN2NaO4. The van der Waals surface area contributed by atoms with Crippen LogP contribution >= 0.6 is 11.6 Å². The summed E-state index contributed by atoms with van der Waals surface area (Å²) in [5.41, 5.74) is -0.707. The fourth-order valence-corrected chi connectivity index (χ4v) is 1.16. The number of rotatable bonds is 4. The zero-order valence-electron chi connectivity index (χ0n) is 7.74. The second kappa shape index (κ2) is 6.75. The number of carboxylic acids is 1. The Hall–Kier alpha value is -0.890. The van der Waals surface area contributed by atoms with Gasteiger partial charge in [0.1, 0.15) is 18.0 Å². The summed E-state index contributed by atoms with van der Waals surface area (Å²) >= 11 is 5.42. The number of nitrogens with zero attached hydrogens (tertiary/aromatic N) is 1. The SMILES string of the molecule is O=C(O)CNc1cc(Cl)c(F)cc1[N+](=O)[O-].[NaH]. The maximum atomic E-state index is 12.9. The molecular weight excluding hydrogens is 266 g/mol. The average molecular weight is 273 g/mol. The van der Waals surface area contributed by atoms with Crippen LogP contribution in [0.3, 0.4) is 0 Å². The van der Waals surface area contributed by atoms with Crippen LogP contribution in [0.2, 0.25) is 5.02 Å². The van der Waals surface area contributed by atoms with Gasteiger partial charge in [-0.2, -0.15) is 0 Å². The molecule has 1 aromatic carbocycles. The monoisotopic (exact) mass is 272 g/mol. The predicted octanol–water partition coefficient (Wildman–Crippen LogP) is 1.24. The molecule has 0 fully saturated rings. The van der Waals surface area contributed by atoms with Gasteiger partial charge in [0.2, 0.25) is 0 Å². The van der Waals surface area contributed by atoms with Crippen LogP contribution in [0.1, 0.15) is 0 Å². The molecule has 0 amide bonds. The fraction of sp³-hybridized carbons (Fsp3) is 0.125. The van der Waals surface area contributed by atoms with Crippen LogP contribution in [0.4, 0.5) is 15.8 Å². The van der Waals surface area contributed by atoms with E-state index in [0.717, 1.165) is 6.07 Å². The van der Waals surface area contributed by atoms with Gasteiger partial charge in [-0.3, -0.25) is 14.9 Å². The Bertz CT molecular complexity index is 457. The Kier molecular flexibility index (Phi) is 6.40. The number of benzene rings is 1. The zero-order valence-corrected chi connectivity index (χ0v) is 8.49. The molecule has 2 N–H and O–H groups in total. The Balaban J connectivity index is 0.00000256. The molecule has 0 spiro atoms. The van der Waals surface area contributed by atoms with Gasteiger partial charge >= 0.3 is 35.5 Å². The zero-order chi connectivity index (χ0) is 12.3. The van der Waals surface area contributed by atoms with Crippen molar-refractivity contribution in [2.75, 3.05) is 11.9 Å². The van der Waals surface area contributed by atoms with Crippen LogP contribution in [0, 0.1) is 15.9 Å². The van der Waals surface area contributed by atoms with Gasteiger partial charge < -0.3 is 10.4 Å². The first-order valence-corrected chi connectivity index (χ1v) is 4.38. The summed E-state index contributed by atoms with van der Waals surface area (Å²) < 4.78 is 12.9. The van der Waals surface area contributed by atoms with Crippen LogP contribution in [0.25, 0.3) is 0 Å². The summed E-state index contributed by atoms with van der Waals surface area (Å²) in [5, 5.41) is 20.9. The molecule has 1 aromatic rings. The Morgan fingerprint density at radius 1 is 1.59 bits per heavy atom. The average Bonchev–Trinajstić information content (AvgIpc) is 2.18. The normalized spacial score (nSPS) is 9.29. The number of anilines is 1. The summed E-state index contributed by atoms with van der Waals surface area (Å²) in [6, 6.07) is 1.60. The maximum absolute atomic E-state index is 12.9. The summed E-state index contributed by atoms with van der Waals surface area (Å²) in [4.78, 5) is 20.0. The molecule has 0 atom stereocenters. The molecule has 9 heteroatoms. The number of nitro groups is 1.